The lowest BCUT2D eigenvalue weighted by molar-refractivity contribution is 1.55. The maximum atomic E-state index is 6.07. The standard InChI is InChI=1S/C12H9I2N/c13-10-6-2-1-4-8(10)9-5-3-7-11(14)12(9)15/h1-7H,15H2. The third-order valence-corrected chi connectivity index (χ3v) is 4.10. The molecule has 0 aliphatic carbocycles. The SMILES string of the molecule is Nc1c(I)cccc1-c1ccccc1I. The summed E-state index contributed by atoms with van der Waals surface area (Å²) in [6.45, 7) is 0. The molecule has 0 amide bonds. The van der Waals surface area contributed by atoms with Gasteiger partial charge in [0.05, 0.1) is 5.69 Å². The van der Waals surface area contributed by atoms with Gasteiger partial charge >= 0.3 is 0 Å². The Hall–Kier alpha value is -0.300. The quantitative estimate of drug-likeness (QED) is 0.544. The summed E-state index contributed by atoms with van der Waals surface area (Å²) in [7, 11) is 0. The Balaban J connectivity index is 2.65. The first kappa shape index (κ1) is 11.2. The number of hydrogen-bond donors (Lipinski definition) is 1. The predicted molar refractivity (Wildman–Crippen MR) is 81.7 cm³/mol. The van der Waals surface area contributed by atoms with Crippen molar-refractivity contribution in [3.8, 4) is 11.1 Å². The van der Waals surface area contributed by atoms with Gasteiger partial charge in [0.1, 0.15) is 0 Å². The normalized spacial score (nSPS) is 10.3. The molecule has 15 heavy (non-hydrogen) atoms. The summed E-state index contributed by atoms with van der Waals surface area (Å²) in [6, 6.07) is 14.4. The van der Waals surface area contributed by atoms with Gasteiger partial charge in [-0.25, -0.2) is 0 Å². The van der Waals surface area contributed by atoms with E-state index in [0.29, 0.717) is 0 Å². The molecule has 2 N–H and O–H groups in total. The molecular formula is C12H9I2N. The highest BCUT2D eigenvalue weighted by Crippen LogP contribution is 2.32. The molecule has 0 aromatic heterocycles. The van der Waals surface area contributed by atoms with Gasteiger partial charge in [-0.3, -0.25) is 0 Å². The monoisotopic (exact) mass is 421 g/mol. The van der Waals surface area contributed by atoms with Gasteiger partial charge in [-0.05, 0) is 62.9 Å². The maximum absolute atomic E-state index is 6.07. The van der Waals surface area contributed by atoms with Crippen LogP contribution in [0.4, 0.5) is 5.69 Å². The van der Waals surface area contributed by atoms with Crippen LogP contribution in [-0.2, 0) is 0 Å². The number of nitrogen functional groups attached to an aromatic ring is 1. The number of anilines is 1. The first-order valence-corrected chi connectivity index (χ1v) is 6.65. The topological polar surface area (TPSA) is 26.0 Å². The summed E-state index contributed by atoms with van der Waals surface area (Å²) in [6.07, 6.45) is 0. The van der Waals surface area contributed by atoms with E-state index in [1.807, 2.05) is 24.3 Å². The summed E-state index contributed by atoms with van der Waals surface area (Å²) < 4.78 is 2.33. The van der Waals surface area contributed by atoms with Crippen LogP contribution in [-0.4, -0.2) is 0 Å². The molecule has 0 radical (unpaired) electrons. The highest BCUT2D eigenvalue weighted by Gasteiger charge is 2.07. The molecule has 0 unspecified atom stereocenters. The lowest BCUT2D eigenvalue weighted by atomic mass is 10.0. The lowest BCUT2D eigenvalue weighted by Gasteiger charge is -2.09. The molecule has 0 aliphatic heterocycles. The average molecular weight is 421 g/mol. The van der Waals surface area contributed by atoms with Crippen molar-refractivity contribution < 1.29 is 0 Å². The van der Waals surface area contributed by atoms with Crippen LogP contribution in [0.15, 0.2) is 42.5 Å². The molecule has 0 atom stereocenters. The number of halogens is 2. The fourth-order valence-electron chi connectivity index (χ4n) is 1.45. The smallest absolute Gasteiger partial charge is 0.0529 e. The zero-order chi connectivity index (χ0) is 10.8. The third-order valence-electron chi connectivity index (χ3n) is 2.22. The predicted octanol–water partition coefficient (Wildman–Crippen LogP) is 4.15. The van der Waals surface area contributed by atoms with Crippen molar-refractivity contribution >= 4 is 50.9 Å². The molecule has 76 valence electrons. The summed E-state index contributed by atoms with van der Waals surface area (Å²) in [5, 5.41) is 0. The van der Waals surface area contributed by atoms with Crippen LogP contribution in [0.3, 0.4) is 0 Å². The van der Waals surface area contributed by atoms with E-state index in [1.165, 1.54) is 9.13 Å². The molecule has 0 bridgehead atoms. The molecule has 0 saturated heterocycles. The first-order valence-electron chi connectivity index (χ1n) is 4.49. The Bertz CT molecular complexity index is 495. The van der Waals surface area contributed by atoms with Crippen molar-refractivity contribution in [3.63, 3.8) is 0 Å². The number of rotatable bonds is 1. The Morgan fingerprint density at radius 2 is 1.33 bits per heavy atom. The highest BCUT2D eigenvalue weighted by molar-refractivity contribution is 14.1. The van der Waals surface area contributed by atoms with E-state index in [1.54, 1.807) is 0 Å². The van der Waals surface area contributed by atoms with Crippen LogP contribution in [0.1, 0.15) is 0 Å². The van der Waals surface area contributed by atoms with Crippen LogP contribution < -0.4 is 5.73 Å². The number of nitrogens with two attached hydrogens (primary N) is 1. The van der Waals surface area contributed by atoms with Gasteiger partial charge in [-0.15, -0.1) is 0 Å². The first-order chi connectivity index (χ1) is 7.20. The van der Waals surface area contributed by atoms with Crippen LogP contribution in [0.25, 0.3) is 11.1 Å². The van der Waals surface area contributed by atoms with Crippen LogP contribution in [0, 0.1) is 7.14 Å². The second kappa shape index (κ2) is 4.69. The van der Waals surface area contributed by atoms with Crippen LogP contribution in [0.5, 0.6) is 0 Å². The maximum Gasteiger partial charge on any atom is 0.0529 e. The average Bonchev–Trinajstić information content (AvgIpc) is 2.23. The summed E-state index contributed by atoms with van der Waals surface area (Å²) >= 11 is 4.60. The van der Waals surface area contributed by atoms with E-state index in [2.05, 4.69) is 63.4 Å². The minimum atomic E-state index is 0.863. The van der Waals surface area contributed by atoms with Gasteiger partial charge < -0.3 is 5.73 Å². The minimum Gasteiger partial charge on any atom is -0.397 e. The Kier molecular flexibility index (Phi) is 3.50. The number of hydrogen-bond acceptors (Lipinski definition) is 1. The van der Waals surface area contributed by atoms with Crippen molar-refractivity contribution in [3.05, 3.63) is 49.6 Å². The molecule has 3 heteroatoms. The molecule has 0 saturated carbocycles. The van der Waals surface area contributed by atoms with Crippen molar-refractivity contribution in [1.82, 2.24) is 0 Å². The highest BCUT2D eigenvalue weighted by atomic mass is 127. The molecule has 0 fully saturated rings. The van der Waals surface area contributed by atoms with Crippen molar-refractivity contribution in [2.24, 2.45) is 0 Å². The third kappa shape index (κ3) is 2.28. The van der Waals surface area contributed by atoms with Gasteiger partial charge in [0.2, 0.25) is 0 Å². The Morgan fingerprint density at radius 3 is 2.07 bits per heavy atom. The number of para-hydroxylation sites is 1. The van der Waals surface area contributed by atoms with Crippen molar-refractivity contribution in [1.29, 1.82) is 0 Å². The zero-order valence-electron chi connectivity index (χ0n) is 7.87. The molecular weight excluding hydrogens is 412 g/mol. The summed E-state index contributed by atoms with van der Waals surface area (Å²) in [5.74, 6) is 0. The van der Waals surface area contributed by atoms with E-state index in [9.17, 15) is 0 Å². The molecule has 0 spiro atoms. The van der Waals surface area contributed by atoms with Crippen LogP contribution in [0.2, 0.25) is 0 Å². The summed E-state index contributed by atoms with van der Waals surface area (Å²) in [5.41, 5.74) is 9.26. The number of benzene rings is 2. The largest absolute Gasteiger partial charge is 0.397 e. The Morgan fingerprint density at radius 1 is 0.733 bits per heavy atom. The second-order valence-electron chi connectivity index (χ2n) is 3.18. The van der Waals surface area contributed by atoms with E-state index in [4.69, 9.17) is 5.73 Å². The molecule has 2 rings (SSSR count). The molecule has 0 heterocycles. The fraction of sp³-hybridized carbons (Fsp3) is 0. The fourth-order valence-corrected chi connectivity index (χ4v) is 2.63. The molecule has 2 aromatic carbocycles. The summed E-state index contributed by atoms with van der Waals surface area (Å²) in [4.78, 5) is 0. The lowest BCUT2D eigenvalue weighted by Crippen LogP contribution is -1.94. The zero-order valence-corrected chi connectivity index (χ0v) is 12.2. The van der Waals surface area contributed by atoms with E-state index < -0.39 is 0 Å². The second-order valence-corrected chi connectivity index (χ2v) is 5.51. The van der Waals surface area contributed by atoms with Crippen LogP contribution >= 0.6 is 45.2 Å². The van der Waals surface area contributed by atoms with Gasteiger partial charge in [0.15, 0.2) is 0 Å². The van der Waals surface area contributed by atoms with Gasteiger partial charge in [0, 0.05) is 12.7 Å². The molecule has 2 aromatic rings. The van der Waals surface area contributed by atoms with Gasteiger partial charge in [-0.1, -0.05) is 30.3 Å². The minimum absolute atomic E-state index is 0.863. The van der Waals surface area contributed by atoms with Crippen molar-refractivity contribution in [2.45, 2.75) is 0 Å². The van der Waals surface area contributed by atoms with E-state index in [0.717, 1.165) is 14.8 Å². The van der Waals surface area contributed by atoms with Gasteiger partial charge in [0.25, 0.3) is 0 Å². The van der Waals surface area contributed by atoms with E-state index in [-0.39, 0.29) is 0 Å². The molecule has 1 nitrogen and oxygen atoms in total. The van der Waals surface area contributed by atoms with Crippen molar-refractivity contribution in [2.75, 3.05) is 5.73 Å². The molecule has 0 aliphatic rings. The Labute approximate surface area is 116 Å². The van der Waals surface area contributed by atoms with E-state index >= 15 is 0 Å². The van der Waals surface area contributed by atoms with Gasteiger partial charge in [-0.2, -0.15) is 0 Å².